The molecule has 0 amide bonds. The number of sulfonamides is 1. The van der Waals surface area contributed by atoms with Gasteiger partial charge in [-0.1, -0.05) is 0 Å². The second kappa shape index (κ2) is 5.99. The zero-order valence-electron chi connectivity index (χ0n) is 11.6. The number of benzene rings is 1. The van der Waals surface area contributed by atoms with Gasteiger partial charge < -0.3 is 15.2 Å². The molecule has 2 rings (SSSR count). The zero-order valence-corrected chi connectivity index (χ0v) is 12.4. The summed E-state index contributed by atoms with van der Waals surface area (Å²) in [6.45, 7) is 0. The average molecular weight is 300 g/mol. The largest absolute Gasteiger partial charge is 0.495 e. The fraction of sp³-hybridized carbons (Fsp3) is 0.538. The molecule has 7 heteroatoms. The smallest absolute Gasteiger partial charge is 0.240 e. The number of anilines is 1. The first-order chi connectivity index (χ1) is 9.46. The Balaban J connectivity index is 2.12. The zero-order chi connectivity index (χ0) is 14.8. The first-order valence-corrected chi connectivity index (χ1v) is 7.93. The summed E-state index contributed by atoms with van der Waals surface area (Å²) < 4.78 is 37.5. The van der Waals surface area contributed by atoms with Crippen LogP contribution in [0.4, 0.5) is 5.69 Å². The Bertz CT molecular complexity index is 574. The van der Waals surface area contributed by atoms with Crippen molar-refractivity contribution in [3.05, 3.63) is 18.2 Å². The van der Waals surface area contributed by atoms with E-state index >= 15 is 0 Å². The molecule has 1 aliphatic carbocycles. The molecule has 0 bridgehead atoms. The van der Waals surface area contributed by atoms with Crippen LogP contribution in [0.5, 0.6) is 5.75 Å². The van der Waals surface area contributed by atoms with E-state index in [4.69, 9.17) is 15.2 Å². The maximum absolute atomic E-state index is 12.3. The summed E-state index contributed by atoms with van der Waals surface area (Å²) in [5.41, 5.74) is 6.05. The van der Waals surface area contributed by atoms with Crippen LogP contribution in [0.3, 0.4) is 0 Å². The second-order valence-corrected chi connectivity index (χ2v) is 6.61. The van der Waals surface area contributed by atoms with Gasteiger partial charge in [0.2, 0.25) is 10.0 Å². The van der Waals surface area contributed by atoms with E-state index in [-0.39, 0.29) is 17.0 Å². The molecule has 0 saturated heterocycles. The van der Waals surface area contributed by atoms with Crippen LogP contribution in [0.2, 0.25) is 0 Å². The first kappa shape index (κ1) is 15.1. The van der Waals surface area contributed by atoms with Crippen LogP contribution in [-0.4, -0.2) is 34.8 Å². The van der Waals surface area contributed by atoms with Gasteiger partial charge in [-0.15, -0.1) is 0 Å². The maximum atomic E-state index is 12.3. The molecular weight excluding hydrogens is 280 g/mol. The van der Waals surface area contributed by atoms with E-state index in [1.54, 1.807) is 13.2 Å². The number of hydrogen-bond donors (Lipinski definition) is 2. The van der Waals surface area contributed by atoms with Gasteiger partial charge in [0.15, 0.2) is 0 Å². The van der Waals surface area contributed by atoms with Crippen molar-refractivity contribution in [2.45, 2.75) is 36.3 Å². The van der Waals surface area contributed by atoms with Gasteiger partial charge in [0.1, 0.15) is 5.75 Å². The van der Waals surface area contributed by atoms with Crippen molar-refractivity contribution >= 4 is 15.7 Å². The van der Waals surface area contributed by atoms with Gasteiger partial charge in [-0.05, 0) is 37.5 Å². The van der Waals surface area contributed by atoms with Gasteiger partial charge in [0.05, 0.1) is 23.8 Å². The van der Waals surface area contributed by atoms with E-state index in [0.29, 0.717) is 17.9 Å². The van der Waals surface area contributed by atoms with E-state index in [9.17, 15) is 8.42 Å². The van der Waals surface area contributed by atoms with Crippen LogP contribution >= 0.6 is 0 Å². The van der Waals surface area contributed by atoms with Crippen molar-refractivity contribution in [3.8, 4) is 5.75 Å². The predicted molar refractivity (Wildman–Crippen MR) is 76.2 cm³/mol. The predicted octanol–water partition coefficient (Wildman–Crippen LogP) is 1.12. The number of methoxy groups -OCH3 is 2. The van der Waals surface area contributed by atoms with Crippen LogP contribution in [0.25, 0.3) is 0 Å². The molecule has 0 aliphatic heterocycles. The normalized spacial score (nSPS) is 22.9. The highest BCUT2D eigenvalue weighted by Crippen LogP contribution is 2.26. The van der Waals surface area contributed by atoms with Gasteiger partial charge in [0.25, 0.3) is 0 Å². The van der Waals surface area contributed by atoms with Gasteiger partial charge in [-0.3, -0.25) is 0 Å². The van der Waals surface area contributed by atoms with E-state index in [2.05, 4.69) is 4.72 Å². The minimum Gasteiger partial charge on any atom is -0.495 e. The lowest BCUT2D eigenvalue weighted by Gasteiger charge is -2.14. The summed E-state index contributed by atoms with van der Waals surface area (Å²) in [6.07, 6.45) is 2.47. The third kappa shape index (κ3) is 3.23. The van der Waals surface area contributed by atoms with Gasteiger partial charge in [-0.25, -0.2) is 13.1 Å². The summed E-state index contributed by atoms with van der Waals surface area (Å²) in [4.78, 5) is 0.150. The fourth-order valence-corrected chi connectivity index (χ4v) is 3.75. The lowest BCUT2D eigenvalue weighted by molar-refractivity contribution is 0.107. The molecule has 2 atom stereocenters. The highest BCUT2D eigenvalue weighted by molar-refractivity contribution is 7.89. The number of rotatable bonds is 5. The standard InChI is InChI=1S/C13H20N2O4S/c1-18-10-4-3-9(7-10)15-20(16,17)11-5-6-13(19-2)12(14)8-11/h5-6,8-10,15H,3-4,7,14H2,1-2H3. The number of nitrogens with two attached hydrogens (primary N) is 1. The molecule has 2 unspecified atom stereocenters. The summed E-state index contributed by atoms with van der Waals surface area (Å²) in [6, 6.07) is 4.36. The molecule has 1 aromatic rings. The van der Waals surface area contributed by atoms with Crippen molar-refractivity contribution in [1.29, 1.82) is 0 Å². The van der Waals surface area contributed by atoms with Crippen molar-refractivity contribution < 1.29 is 17.9 Å². The number of nitrogen functional groups attached to an aromatic ring is 1. The minimum absolute atomic E-state index is 0.0896. The molecule has 20 heavy (non-hydrogen) atoms. The Labute approximate surface area is 119 Å². The Hall–Kier alpha value is -1.31. The SMILES string of the molecule is COc1ccc(S(=O)(=O)NC2CCC(OC)C2)cc1N. The van der Waals surface area contributed by atoms with Crippen LogP contribution in [0.1, 0.15) is 19.3 Å². The second-order valence-electron chi connectivity index (χ2n) is 4.89. The molecule has 1 aromatic carbocycles. The molecule has 1 saturated carbocycles. The van der Waals surface area contributed by atoms with Crippen molar-refractivity contribution in [3.63, 3.8) is 0 Å². The van der Waals surface area contributed by atoms with Crippen LogP contribution in [0.15, 0.2) is 23.1 Å². The van der Waals surface area contributed by atoms with Crippen molar-refractivity contribution in [2.24, 2.45) is 0 Å². The quantitative estimate of drug-likeness (QED) is 0.795. The Morgan fingerprint density at radius 3 is 2.60 bits per heavy atom. The first-order valence-electron chi connectivity index (χ1n) is 6.45. The topological polar surface area (TPSA) is 90.7 Å². The van der Waals surface area contributed by atoms with Crippen molar-refractivity contribution in [1.82, 2.24) is 4.72 Å². The monoisotopic (exact) mass is 300 g/mol. The van der Waals surface area contributed by atoms with Gasteiger partial charge >= 0.3 is 0 Å². The summed E-state index contributed by atoms with van der Waals surface area (Å²) in [5, 5.41) is 0. The molecule has 6 nitrogen and oxygen atoms in total. The van der Waals surface area contributed by atoms with E-state index in [0.717, 1.165) is 12.8 Å². The van der Waals surface area contributed by atoms with Crippen LogP contribution in [-0.2, 0) is 14.8 Å². The van der Waals surface area contributed by atoms with Gasteiger partial charge in [-0.2, -0.15) is 0 Å². The number of nitrogens with one attached hydrogen (secondary N) is 1. The Morgan fingerprint density at radius 2 is 2.05 bits per heavy atom. The summed E-state index contributed by atoms with van der Waals surface area (Å²) in [7, 11) is -0.432. The lowest BCUT2D eigenvalue weighted by Crippen LogP contribution is -2.33. The average Bonchev–Trinajstić information content (AvgIpc) is 2.85. The number of ether oxygens (including phenoxy) is 2. The minimum atomic E-state index is -3.56. The lowest BCUT2D eigenvalue weighted by atomic mass is 10.3. The van der Waals surface area contributed by atoms with Crippen LogP contribution in [0, 0.1) is 0 Å². The molecule has 112 valence electrons. The molecule has 3 N–H and O–H groups in total. The molecular formula is C13H20N2O4S. The van der Waals surface area contributed by atoms with Gasteiger partial charge in [0, 0.05) is 13.2 Å². The van der Waals surface area contributed by atoms with Crippen LogP contribution < -0.4 is 15.2 Å². The third-order valence-corrected chi connectivity index (χ3v) is 5.07. The third-order valence-electron chi connectivity index (χ3n) is 3.55. The van der Waals surface area contributed by atoms with E-state index < -0.39 is 10.0 Å². The highest BCUT2D eigenvalue weighted by atomic mass is 32.2. The molecule has 0 spiro atoms. The number of hydrogen-bond acceptors (Lipinski definition) is 5. The molecule has 0 heterocycles. The Morgan fingerprint density at radius 1 is 1.30 bits per heavy atom. The van der Waals surface area contributed by atoms with E-state index in [1.165, 1.54) is 19.2 Å². The highest BCUT2D eigenvalue weighted by Gasteiger charge is 2.28. The van der Waals surface area contributed by atoms with E-state index in [1.807, 2.05) is 0 Å². The van der Waals surface area contributed by atoms with Crippen molar-refractivity contribution in [2.75, 3.05) is 20.0 Å². The fourth-order valence-electron chi connectivity index (χ4n) is 2.43. The molecule has 0 aromatic heterocycles. The molecule has 1 aliphatic rings. The summed E-state index contributed by atoms with van der Waals surface area (Å²) in [5.74, 6) is 0.462. The Kier molecular flexibility index (Phi) is 4.52. The molecule has 1 fully saturated rings. The summed E-state index contributed by atoms with van der Waals surface area (Å²) >= 11 is 0. The maximum Gasteiger partial charge on any atom is 0.240 e. The molecule has 0 radical (unpaired) electrons.